The van der Waals surface area contributed by atoms with Crippen LogP contribution in [0.15, 0.2) is 18.2 Å². The Morgan fingerprint density at radius 2 is 2.07 bits per heavy atom. The third kappa shape index (κ3) is 1.44. The van der Waals surface area contributed by atoms with Crippen molar-refractivity contribution >= 4 is 11.7 Å². The van der Waals surface area contributed by atoms with E-state index in [9.17, 15) is 9.90 Å². The largest absolute Gasteiger partial charge is 0.495 e. The number of para-hydroxylation sites is 1. The molecule has 2 saturated heterocycles. The molecule has 3 aliphatic heterocycles. The minimum atomic E-state index is -0.925. The van der Waals surface area contributed by atoms with Crippen molar-refractivity contribution in [2.75, 3.05) is 32.6 Å². The molecule has 1 aromatic rings. The normalized spacial score (nSPS) is 45.0. The zero-order valence-corrected chi connectivity index (χ0v) is 16.6. The number of hydrogen-bond acceptors (Lipinski definition) is 6. The molecule has 28 heavy (non-hydrogen) atoms. The van der Waals surface area contributed by atoms with E-state index in [1.165, 1.54) is 7.11 Å². The number of rotatable bonds is 2. The molecular formula is C22H28N2O4. The standard InChI is InChI=1S/C22H28N2O4/c1-27-16-6-3-5-14-17(16)23-21-9-8-19(13-15(21)18(25)28-2)7-4-11-24-12-10-20(14,21)22(19,24)26/h3,5-6,15,23,26H,4,7-13H2,1-2H3/t15-,19-,20+,21-,22-/m1/s1. The van der Waals surface area contributed by atoms with Crippen molar-refractivity contribution in [1.82, 2.24) is 4.90 Å². The number of hydrogen-bond donors (Lipinski definition) is 2. The van der Waals surface area contributed by atoms with Crippen molar-refractivity contribution in [2.24, 2.45) is 11.3 Å². The second-order valence-corrected chi connectivity index (χ2v) is 9.46. The molecule has 6 heteroatoms. The fourth-order valence-corrected chi connectivity index (χ4v) is 8.27. The van der Waals surface area contributed by atoms with E-state index >= 15 is 0 Å². The predicted octanol–water partition coefficient (Wildman–Crippen LogP) is 2.26. The van der Waals surface area contributed by atoms with Gasteiger partial charge in [0.2, 0.25) is 0 Å². The highest BCUT2D eigenvalue weighted by Crippen LogP contribution is 2.78. The van der Waals surface area contributed by atoms with E-state index in [4.69, 9.17) is 9.47 Å². The molecule has 0 amide bonds. The Balaban J connectivity index is 1.69. The molecule has 0 aromatic heterocycles. The van der Waals surface area contributed by atoms with Gasteiger partial charge in [-0.2, -0.15) is 0 Å². The van der Waals surface area contributed by atoms with Crippen LogP contribution >= 0.6 is 0 Å². The molecule has 0 unspecified atom stereocenters. The SMILES string of the molecule is COC(=O)[C@H]1C[C@@]23CCCN4CC[C@@]5(c6cccc(OC)c6N[C@]15CC2)[C@@]43O. The molecule has 3 spiro atoms. The Labute approximate surface area is 165 Å². The summed E-state index contributed by atoms with van der Waals surface area (Å²) in [6.07, 6.45) is 5.42. The lowest BCUT2D eigenvalue weighted by Crippen LogP contribution is -2.83. The van der Waals surface area contributed by atoms with Gasteiger partial charge in [-0.3, -0.25) is 9.69 Å². The molecule has 3 heterocycles. The highest BCUT2D eigenvalue weighted by Gasteiger charge is 2.85. The summed E-state index contributed by atoms with van der Waals surface area (Å²) >= 11 is 0. The lowest BCUT2D eigenvalue weighted by Gasteiger charge is -2.72. The predicted molar refractivity (Wildman–Crippen MR) is 103 cm³/mol. The average Bonchev–Trinajstić information content (AvgIpc) is 3.20. The van der Waals surface area contributed by atoms with E-state index in [1.54, 1.807) is 7.11 Å². The van der Waals surface area contributed by atoms with Crippen molar-refractivity contribution in [3.63, 3.8) is 0 Å². The molecule has 0 radical (unpaired) electrons. The lowest BCUT2D eigenvalue weighted by atomic mass is 9.37. The van der Waals surface area contributed by atoms with Crippen LogP contribution in [-0.2, 0) is 14.9 Å². The molecule has 1 aromatic carbocycles. The number of benzene rings is 1. The monoisotopic (exact) mass is 384 g/mol. The fourth-order valence-electron chi connectivity index (χ4n) is 8.27. The molecule has 7 rings (SSSR count). The number of anilines is 1. The van der Waals surface area contributed by atoms with Crippen LogP contribution in [0.25, 0.3) is 0 Å². The number of aliphatic hydroxyl groups is 1. The van der Waals surface area contributed by atoms with Crippen LogP contribution in [0.2, 0.25) is 0 Å². The number of methoxy groups -OCH3 is 2. The number of carbonyl (C=O) groups excluding carboxylic acids is 1. The van der Waals surface area contributed by atoms with E-state index in [2.05, 4.69) is 16.3 Å². The Morgan fingerprint density at radius 1 is 1.21 bits per heavy atom. The van der Waals surface area contributed by atoms with E-state index in [0.29, 0.717) is 6.42 Å². The maximum Gasteiger partial charge on any atom is 0.311 e. The number of esters is 1. The van der Waals surface area contributed by atoms with Gasteiger partial charge >= 0.3 is 5.97 Å². The van der Waals surface area contributed by atoms with Crippen molar-refractivity contribution in [2.45, 2.75) is 55.2 Å². The van der Waals surface area contributed by atoms with E-state index in [1.807, 2.05) is 12.1 Å². The first-order valence-electron chi connectivity index (χ1n) is 10.5. The second kappa shape index (κ2) is 5.03. The van der Waals surface area contributed by atoms with Crippen LogP contribution in [0.3, 0.4) is 0 Å². The van der Waals surface area contributed by atoms with Crippen molar-refractivity contribution in [3.05, 3.63) is 23.8 Å². The molecule has 2 bridgehead atoms. The average molecular weight is 384 g/mol. The summed E-state index contributed by atoms with van der Waals surface area (Å²) in [6.45, 7) is 1.80. The van der Waals surface area contributed by atoms with Crippen LogP contribution in [-0.4, -0.2) is 54.5 Å². The lowest BCUT2D eigenvalue weighted by molar-refractivity contribution is -0.297. The second-order valence-electron chi connectivity index (χ2n) is 9.46. The number of fused-ring (bicyclic) bond motifs is 3. The number of nitrogens with zero attached hydrogens (tertiary/aromatic N) is 1. The van der Waals surface area contributed by atoms with Gasteiger partial charge in [0.05, 0.1) is 36.8 Å². The number of nitrogens with one attached hydrogen (secondary N) is 1. The molecule has 3 saturated carbocycles. The zero-order chi connectivity index (χ0) is 19.4. The molecule has 5 atom stereocenters. The van der Waals surface area contributed by atoms with Gasteiger partial charge in [-0.1, -0.05) is 12.1 Å². The minimum absolute atomic E-state index is 0.149. The van der Waals surface area contributed by atoms with Crippen molar-refractivity contribution < 1.29 is 19.4 Å². The smallest absolute Gasteiger partial charge is 0.311 e. The first kappa shape index (κ1) is 17.1. The molecule has 150 valence electrons. The first-order chi connectivity index (χ1) is 13.5. The number of piperidine rings is 1. The summed E-state index contributed by atoms with van der Waals surface area (Å²) in [7, 11) is 3.17. The summed E-state index contributed by atoms with van der Waals surface area (Å²) in [4.78, 5) is 15.4. The van der Waals surface area contributed by atoms with Gasteiger partial charge in [0.25, 0.3) is 0 Å². The summed E-state index contributed by atoms with van der Waals surface area (Å²) < 4.78 is 11.0. The van der Waals surface area contributed by atoms with Crippen LogP contribution in [0.4, 0.5) is 5.69 Å². The summed E-state index contributed by atoms with van der Waals surface area (Å²) in [5.74, 6) is 0.375. The van der Waals surface area contributed by atoms with Crippen LogP contribution in [0.5, 0.6) is 5.75 Å². The van der Waals surface area contributed by atoms with Gasteiger partial charge in [-0.15, -0.1) is 0 Å². The quantitative estimate of drug-likeness (QED) is 0.763. The highest BCUT2D eigenvalue weighted by atomic mass is 16.5. The fraction of sp³-hybridized carbons (Fsp3) is 0.682. The molecule has 3 aliphatic carbocycles. The van der Waals surface area contributed by atoms with E-state index in [0.717, 1.165) is 62.2 Å². The summed E-state index contributed by atoms with van der Waals surface area (Å²) in [6, 6.07) is 6.12. The van der Waals surface area contributed by atoms with Crippen molar-refractivity contribution in [3.8, 4) is 5.75 Å². The molecular weight excluding hydrogens is 356 g/mol. The third-order valence-electron chi connectivity index (χ3n) is 9.12. The van der Waals surface area contributed by atoms with Crippen molar-refractivity contribution in [1.29, 1.82) is 0 Å². The molecule has 2 N–H and O–H groups in total. The molecule has 6 nitrogen and oxygen atoms in total. The van der Waals surface area contributed by atoms with Crippen LogP contribution in [0, 0.1) is 11.3 Å². The van der Waals surface area contributed by atoms with E-state index < -0.39 is 16.7 Å². The highest BCUT2D eigenvalue weighted by molar-refractivity contribution is 5.83. The molecule has 6 aliphatic rings. The topological polar surface area (TPSA) is 71.0 Å². The Kier molecular flexibility index (Phi) is 3.07. The van der Waals surface area contributed by atoms with Crippen LogP contribution < -0.4 is 10.1 Å². The van der Waals surface area contributed by atoms with Gasteiger partial charge < -0.3 is 19.9 Å². The van der Waals surface area contributed by atoms with Gasteiger partial charge in [0, 0.05) is 18.5 Å². The summed E-state index contributed by atoms with van der Waals surface area (Å²) in [5, 5.41) is 16.4. The minimum Gasteiger partial charge on any atom is -0.495 e. The first-order valence-corrected chi connectivity index (χ1v) is 10.5. The van der Waals surface area contributed by atoms with Gasteiger partial charge in [0.1, 0.15) is 11.5 Å². The Bertz CT molecular complexity index is 889. The maximum atomic E-state index is 13.1. The van der Waals surface area contributed by atoms with Crippen LogP contribution in [0.1, 0.15) is 44.1 Å². The van der Waals surface area contributed by atoms with E-state index in [-0.39, 0.29) is 17.3 Å². The number of ether oxygens (including phenoxy) is 2. The van der Waals surface area contributed by atoms with Gasteiger partial charge in [0.15, 0.2) is 0 Å². The Hall–Kier alpha value is -1.79. The molecule has 5 fully saturated rings. The van der Waals surface area contributed by atoms with Gasteiger partial charge in [-0.25, -0.2) is 0 Å². The zero-order valence-electron chi connectivity index (χ0n) is 16.6. The Morgan fingerprint density at radius 3 is 2.86 bits per heavy atom. The third-order valence-corrected chi connectivity index (χ3v) is 9.12. The number of carbonyl (C=O) groups is 1. The maximum absolute atomic E-state index is 13.1. The van der Waals surface area contributed by atoms with Gasteiger partial charge in [-0.05, 0) is 50.2 Å². The summed E-state index contributed by atoms with van der Waals surface area (Å²) in [5.41, 5.74) is -0.145.